The van der Waals surface area contributed by atoms with Gasteiger partial charge in [-0.2, -0.15) is 0 Å². The number of anilines is 2. The van der Waals surface area contributed by atoms with Gasteiger partial charge in [0.15, 0.2) is 0 Å². The standard InChI is InChI=1S/C20H25N5O2/c1-2-24-10-12-25(13-11-24)18-9-8-17(14-21-18)23-19(26)15-22-20(27)16-6-4-3-5-7-16/h3-9,14H,2,10-13,15H2,1H3,(H,22,27)(H,23,26). The summed E-state index contributed by atoms with van der Waals surface area (Å²) >= 11 is 0. The van der Waals surface area contributed by atoms with Gasteiger partial charge in [-0.1, -0.05) is 25.1 Å². The van der Waals surface area contributed by atoms with Crippen LogP contribution in [0, 0.1) is 0 Å². The minimum Gasteiger partial charge on any atom is -0.354 e. The van der Waals surface area contributed by atoms with Crippen LogP contribution in [0.5, 0.6) is 0 Å². The van der Waals surface area contributed by atoms with Crippen LogP contribution in [0.15, 0.2) is 48.7 Å². The third kappa shape index (κ3) is 5.27. The molecule has 0 unspecified atom stereocenters. The summed E-state index contributed by atoms with van der Waals surface area (Å²) in [5, 5.41) is 5.36. The monoisotopic (exact) mass is 367 g/mol. The summed E-state index contributed by atoms with van der Waals surface area (Å²) in [6.07, 6.45) is 1.65. The SMILES string of the molecule is CCN1CCN(c2ccc(NC(=O)CNC(=O)c3ccccc3)cn2)CC1. The van der Waals surface area contributed by atoms with E-state index in [2.05, 4.69) is 32.3 Å². The van der Waals surface area contributed by atoms with Gasteiger partial charge in [0.1, 0.15) is 5.82 Å². The molecule has 0 spiro atoms. The molecule has 0 aliphatic carbocycles. The fourth-order valence-corrected chi connectivity index (χ4v) is 3.00. The maximum Gasteiger partial charge on any atom is 0.251 e. The van der Waals surface area contributed by atoms with Crippen molar-refractivity contribution < 1.29 is 9.59 Å². The highest BCUT2D eigenvalue weighted by atomic mass is 16.2. The molecule has 0 atom stereocenters. The molecule has 0 radical (unpaired) electrons. The zero-order valence-corrected chi connectivity index (χ0v) is 15.5. The summed E-state index contributed by atoms with van der Waals surface area (Å²) in [5.41, 5.74) is 1.14. The molecular formula is C20H25N5O2. The van der Waals surface area contributed by atoms with Crippen LogP contribution < -0.4 is 15.5 Å². The van der Waals surface area contributed by atoms with Gasteiger partial charge in [0.2, 0.25) is 5.91 Å². The largest absolute Gasteiger partial charge is 0.354 e. The minimum absolute atomic E-state index is 0.0888. The Morgan fingerprint density at radius 2 is 1.78 bits per heavy atom. The first-order valence-corrected chi connectivity index (χ1v) is 9.22. The van der Waals surface area contributed by atoms with Crippen LogP contribution in [0.2, 0.25) is 0 Å². The Balaban J connectivity index is 1.46. The average molecular weight is 367 g/mol. The van der Waals surface area contributed by atoms with Crippen molar-refractivity contribution in [2.45, 2.75) is 6.92 Å². The molecule has 7 nitrogen and oxygen atoms in total. The number of carbonyl (C=O) groups excluding carboxylic acids is 2. The Hall–Kier alpha value is -2.93. The van der Waals surface area contributed by atoms with E-state index < -0.39 is 0 Å². The van der Waals surface area contributed by atoms with E-state index in [-0.39, 0.29) is 18.4 Å². The van der Waals surface area contributed by atoms with Gasteiger partial charge in [-0.3, -0.25) is 9.59 Å². The van der Waals surface area contributed by atoms with Crippen LogP contribution in [0.3, 0.4) is 0 Å². The van der Waals surface area contributed by atoms with E-state index in [0.717, 1.165) is 38.5 Å². The third-order valence-electron chi connectivity index (χ3n) is 4.62. The lowest BCUT2D eigenvalue weighted by atomic mass is 10.2. The van der Waals surface area contributed by atoms with Crippen LogP contribution in [0.1, 0.15) is 17.3 Å². The number of hydrogen-bond acceptors (Lipinski definition) is 5. The van der Waals surface area contributed by atoms with Crippen LogP contribution in [-0.4, -0.2) is 61.0 Å². The number of likely N-dealkylation sites (N-methyl/N-ethyl adjacent to an activating group) is 1. The molecule has 2 amide bonds. The highest BCUT2D eigenvalue weighted by Crippen LogP contribution is 2.16. The number of pyridine rings is 1. The Bertz CT molecular complexity index is 756. The summed E-state index contributed by atoms with van der Waals surface area (Å²) in [6.45, 7) is 7.15. The van der Waals surface area contributed by atoms with E-state index in [1.165, 1.54) is 0 Å². The zero-order valence-electron chi connectivity index (χ0n) is 15.5. The van der Waals surface area contributed by atoms with E-state index in [0.29, 0.717) is 11.3 Å². The number of carbonyl (C=O) groups is 2. The van der Waals surface area contributed by atoms with Crippen LogP contribution in [0.25, 0.3) is 0 Å². The highest BCUT2D eigenvalue weighted by Gasteiger charge is 2.16. The number of amides is 2. The molecular weight excluding hydrogens is 342 g/mol. The lowest BCUT2D eigenvalue weighted by Crippen LogP contribution is -2.46. The summed E-state index contributed by atoms with van der Waals surface area (Å²) in [6, 6.07) is 12.6. The molecule has 2 aromatic rings. The number of nitrogens with zero attached hydrogens (tertiary/aromatic N) is 3. The molecule has 1 aliphatic rings. The van der Waals surface area contributed by atoms with Gasteiger partial charge >= 0.3 is 0 Å². The van der Waals surface area contributed by atoms with Gasteiger partial charge < -0.3 is 20.4 Å². The van der Waals surface area contributed by atoms with Crippen molar-refractivity contribution in [2.24, 2.45) is 0 Å². The number of rotatable bonds is 6. The fraction of sp³-hybridized carbons (Fsp3) is 0.350. The second-order valence-corrected chi connectivity index (χ2v) is 6.42. The van der Waals surface area contributed by atoms with Crippen molar-refractivity contribution in [3.8, 4) is 0 Å². The van der Waals surface area contributed by atoms with Gasteiger partial charge in [0.25, 0.3) is 5.91 Å². The molecule has 7 heteroatoms. The van der Waals surface area contributed by atoms with Gasteiger partial charge in [-0.05, 0) is 30.8 Å². The molecule has 1 aliphatic heterocycles. The lowest BCUT2D eigenvalue weighted by molar-refractivity contribution is -0.115. The van der Waals surface area contributed by atoms with Crippen molar-refractivity contribution in [1.82, 2.24) is 15.2 Å². The Morgan fingerprint density at radius 3 is 2.41 bits per heavy atom. The topological polar surface area (TPSA) is 77.6 Å². The van der Waals surface area contributed by atoms with Crippen LogP contribution in [-0.2, 0) is 4.79 Å². The van der Waals surface area contributed by atoms with E-state index in [4.69, 9.17) is 0 Å². The first kappa shape index (κ1) is 18.8. The number of benzene rings is 1. The molecule has 0 bridgehead atoms. The van der Waals surface area contributed by atoms with Gasteiger partial charge in [-0.15, -0.1) is 0 Å². The predicted molar refractivity (Wildman–Crippen MR) is 106 cm³/mol. The van der Waals surface area contributed by atoms with Crippen molar-refractivity contribution in [3.63, 3.8) is 0 Å². The van der Waals surface area contributed by atoms with Gasteiger partial charge in [-0.25, -0.2) is 4.98 Å². The molecule has 142 valence electrons. The lowest BCUT2D eigenvalue weighted by Gasteiger charge is -2.34. The number of nitrogens with one attached hydrogen (secondary N) is 2. The maximum absolute atomic E-state index is 12.0. The van der Waals surface area contributed by atoms with E-state index in [1.54, 1.807) is 30.5 Å². The van der Waals surface area contributed by atoms with E-state index in [1.807, 2.05) is 18.2 Å². The second kappa shape index (κ2) is 9.14. The van der Waals surface area contributed by atoms with Crippen LogP contribution >= 0.6 is 0 Å². The van der Waals surface area contributed by atoms with E-state index in [9.17, 15) is 9.59 Å². The molecule has 3 rings (SSSR count). The Labute approximate surface area is 159 Å². The summed E-state index contributed by atoms with van der Waals surface area (Å²) in [4.78, 5) is 33.1. The van der Waals surface area contributed by atoms with Crippen molar-refractivity contribution >= 4 is 23.3 Å². The third-order valence-corrected chi connectivity index (χ3v) is 4.62. The molecule has 1 aromatic carbocycles. The summed E-state index contributed by atoms with van der Waals surface area (Å²) in [5.74, 6) is 0.358. The summed E-state index contributed by atoms with van der Waals surface area (Å²) in [7, 11) is 0. The quantitative estimate of drug-likeness (QED) is 0.811. The van der Waals surface area contributed by atoms with Crippen molar-refractivity contribution in [1.29, 1.82) is 0 Å². The Morgan fingerprint density at radius 1 is 1.04 bits per heavy atom. The van der Waals surface area contributed by atoms with Crippen molar-refractivity contribution in [3.05, 3.63) is 54.2 Å². The summed E-state index contributed by atoms with van der Waals surface area (Å²) < 4.78 is 0. The maximum atomic E-state index is 12.0. The second-order valence-electron chi connectivity index (χ2n) is 6.42. The van der Waals surface area contributed by atoms with Gasteiger partial charge in [0.05, 0.1) is 18.4 Å². The van der Waals surface area contributed by atoms with Crippen molar-refractivity contribution in [2.75, 3.05) is 49.5 Å². The normalized spacial score (nSPS) is 14.6. The molecule has 1 saturated heterocycles. The van der Waals surface area contributed by atoms with Crippen LogP contribution in [0.4, 0.5) is 11.5 Å². The molecule has 2 heterocycles. The predicted octanol–water partition coefficient (Wildman–Crippen LogP) is 1.59. The molecule has 1 fully saturated rings. The fourth-order valence-electron chi connectivity index (χ4n) is 3.00. The Kier molecular flexibility index (Phi) is 6.38. The smallest absolute Gasteiger partial charge is 0.251 e. The molecule has 27 heavy (non-hydrogen) atoms. The zero-order chi connectivity index (χ0) is 19.1. The first-order valence-electron chi connectivity index (χ1n) is 9.22. The first-order chi connectivity index (χ1) is 13.2. The minimum atomic E-state index is -0.287. The highest BCUT2D eigenvalue weighted by molar-refractivity contribution is 5.99. The molecule has 2 N–H and O–H groups in total. The number of aromatic nitrogens is 1. The number of hydrogen-bond donors (Lipinski definition) is 2. The number of piperazine rings is 1. The average Bonchev–Trinajstić information content (AvgIpc) is 2.73. The molecule has 0 saturated carbocycles. The van der Waals surface area contributed by atoms with Gasteiger partial charge in [0, 0.05) is 31.7 Å². The van der Waals surface area contributed by atoms with E-state index >= 15 is 0 Å². The molecule has 1 aromatic heterocycles.